The zero-order valence-corrected chi connectivity index (χ0v) is 10.8. The lowest BCUT2D eigenvalue weighted by Crippen LogP contribution is -2.16. The summed E-state index contributed by atoms with van der Waals surface area (Å²) < 4.78 is 4.11. The predicted octanol–water partition coefficient (Wildman–Crippen LogP) is 1.03. The Balaban J connectivity index is 2.26. The minimum Gasteiger partial charge on any atom is -0.360 e. The van der Waals surface area contributed by atoms with E-state index in [1.807, 2.05) is 0 Å². The molecule has 0 bridgehead atoms. The number of hydrogen-bond donors (Lipinski definition) is 1. The van der Waals surface area contributed by atoms with E-state index in [2.05, 4.69) is 33.7 Å². The summed E-state index contributed by atoms with van der Waals surface area (Å²) in [6, 6.07) is 0. The second kappa shape index (κ2) is 6.55. The number of hydrogen-bond acceptors (Lipinski definition) is 6. The maximum absolute atomic E-state index is 10.9. The largest absolute Gasteiger partial charge is 0.360 e. The maximum Gasteiger partial charge on any atom is 0.202 e. The van der Waals surface area contributed by atoms with E-state index in [0.29, 0.717) is 12.2 Å². The van der Waals surface area contributed by atoms with E-state index in [0.717, 1.165) is 24.6 Å². The van der Waals surface area contributed by atoms with Crippen LogP contribution in [0.1, 0.15) is 19.2 Å². The smallest absolute Gasteiger partial charge is 0.202 e. The van der Waals surface area contributed by atoms with Crippen LogP contribution in [-0.4, -0.2) is 47.2 Å². The average molecular weight is 242 g/mol. The fraction of sp³-hybridized carbons (Fsp3) is 0.700. The molecule has 1 N–H and O–H groups in total. The van der Waals surface area contributed by atoms with Gasteiger partial charge in [-0.05, 0) is 34.0 Å². The number of carbonyl (C=O) groups excluding carboxylic acids is 1. The number of anilines is 1. The van der Waals surface area contributed by atoms with Gasteiger partial charge in [0.25, 0.3) is 0 Å². The highest BCUT2D eigenvalue weighted by Crippen LogP contribution is 2.11. The van der Waals surface area contributed by atoms with Crippen molar-refractivity contribution in [2.24, 2.45) is 0 Å². The number of nitrogens with one attached hydrogen (secondary N) is 1. The summed E-state index contributed by atoms with van der Waals surface area (Å²) in [6.45, 7) is 3.48. The normalized spacial score (nSPS) is 10.8. The summed E-state index contributed by atoms with van der Waals surface area (Å²) in [7, 11) is 4.10. The van der Waals surface area contributed by atoms with Crippen LogP contribution in [0.2, 0.25) is 0 Å². The molecule has 0 unspecified atom stereocenters. The van der Waals surface area contributed by atoms with E-state index in [-0.39, 0.29) is 5.78 Å². The molecule has 0 amide bonds. The van der Waals surface area contributed by atoms with Gasteiger partial charge in [-0.15, -0.1) is 0 Å². The first-order valence-corrected chi connectivity index (χ1v) is 6.06. The van der Waals surface area contributed by atoms with Gasteiger partial charge in [0.05, 0.1) is 6.42 Å². The Morgan fingerprint density at radius 1 is 1.50 bits per heavy atom. The van der Waals surface area contributed by atoms with Crippen LogP contribution in [0.5, 0.6) is 0 Å². The third-order valence-corrected chi connectivity index (χ3v) is 2.64. The zero-order chi connectivity index (χ0) is 12.0. The second-order valence-electron chi connectivity index (χ2n) is 3.98. The van der Waals surface area contributed by atoms with Crippen LogP contribution in [-0.2, 0) is 11.2 Å². The quantitative estimate of drug-likeness (QED) is 0.724. The van der Waals surface area contributed by atoms with Crippen LogP contribution < -0.4 is 5.32 Å². The molecule has 0 saturated heterocycles. The highest BCUT2D eigenvalue weighted by Gasteiger charge is 2.05. The summed E-state index contributed by atoms with van der Waals surface area (Å²) in [5.41, 5.74) is 0. The predicted molar refractivity (Wildman–Crippen MR) is 66.0 cm³/mol. The van der Waals surface area contributed by atoms with Gasteiger partial charge >= 0.3 is 0 Å². The van der Waals surface area contributed by atoms with Crippen molar-refractivity contribution in [2.75, 3.05) is 32.5 Å². The molecule has 6 heteroatoms. The van der Waals surface area contributed by atoms with E-state index in [1.54, 1.807) is 6.92 Å². The van der Waals surface area contributed by atoms with E-state index in [1.165, 1.54) is 11.5 Å². The van der Waals surface area contributed by atoms with Gasteiger partial charge in [0, 0.05) is 18.1 Å². The molecular formula is C10H18N4OS. The second-order valence-corrected chi connectivity index (χ2v) is 4.73. The lowest BCUT2D eigenvalue weighted by molar-refractivity contribution is -0.116. The van der Waals surface area contributed by atoms with Crippen LogP contribution in [0.15, 0.2) is 0 Å². The Labute approximate surface area is 100 Å². The van der Waals surface area contributed by atoms with Crippen LogP contribution in [0.25, 0.3) is 0 Å². The van der Waals surface area contributed by atoms with Gasteiger partial charge in [-0.2, -0.15) is 4.37 Å². The first-order valence-electron chi connectivity index (χ1n) is 5.28. The molecule has 0 aliphatic heterocycles. The van der Waals surface area contributed by atoms with E-state index >= 15 is 0 Å². The van der Waals surface area contributed by atoms with Gasteiger partial charge in [0.2, 0.25) is 5.13 Å². The van der Waals surface area contributed by atoms with Crippen molar-refractivity contribution in [2.45, 2.75) is 19.8 Å². The molecule has 5 nitrogen and oxygen atoms in total. The highest BCUT2D eigenvalue weighted by atomic mass is 32.1. The molecule has 0 aliphatic carbocycles. The van der Waals surface area contributed by atoms with Crippen molar-refractivity contribution in [3.63, 3.8) is 0 Å². The first-order chi connectivity index (χ1) is 7.58. The Morgan fingerprint density at radius 3 is 2.88 bits per heavy atom. The lowest BCUT2D eigenvalue weighted by Gasteiger charge is -2.08. The molecule has 90 valence electrons. The number of rotatable bonds is 7. The SMILES string of the molecule is CC(=O)Cc1nsc(NCCCN(C)C)n1. The standard InChI is InChI=1S/C10H18N4OS/c1-8(15)7-9-12-10(16-13-9)11-5-4-6-14(2)3/h4-7H2,1-3H3,(H,11,12,13). The lowest BCUT2D eigenvalue weighted by atomic mass is 10.3. The van der Waals surface area contributed by atoms with Crippen LogP contribution in [0.3, 0.4) is 0 Å². The third kappa shape index (κ3) is 5.18. The Hall–Kier alpha value is -1.01. The van der Waals surface area contributed by atoms with E-state index in [4.69, 9.17) is 0 Å². The number of carbonyl (C=O) groups is 1. The topological polar surface area (TPSA) is 58.1 Å². The van der Waals surface area contributed by atoms with Gasteiger partial charge in [-0.3, -0.25) is 4.79 Å². The van der Waals surface area contributed by atoms with Crippen LogP contribution in [0, 0.1) is 0 Å². The minimum atomic E-state index is 0.0944. The summed E-state index contributed by atoms with van der Waals surface area (Å²) in [5, 5.41) is 4.00. The molecule has 0 spiro atoms. The zero-order valence-electron chi connectivity index (χ0n) is 9.99. The number of Topliss-reactive ketones (excluding diaryl/α,β-unsaturated/α-hetero) is 1. The molecule has 1 heterocycles. The van der Waals surface area contributed by atoms with Crippen molar-refractivity contribution in [3.05, 3.63) is 5.82 Å². The molecule has 0 atom stereocenters. The number of ketones is 1. The van der Waals surface area contributed by atoms with Crippen LogP contribution >= 0.6 is 11.5 Å². The van der Waals surface area contributed by atoms with Crippen molar-refractivity contribution in [1.29, 1.82) is 0 Å². The van der Waals surface area contributed by atoms with Crippen molar-refractivity contribution >= 4 is 22.4 Å². The van der Waals surface area contributed by atoms with Crippen LogP contribution in [0.4, 0.5) is 5.13 Å². The summed E-state index contributed by atoms with van der Waals surface area (Å²) >= 11 is 1.31. The molecular weight excluding hydrogens is 224 g/mol. The molecule has 16 heavy (non-hydrogen) atoms. The van der Waals surface area contributed by atoms with Gasteiger partial charge in [0.15, 0.2) is 5.82 Å². The van der Waals surface area contributed by atoms with E-state index in [9.17, 15) is 4.79 Å². The van der Waals surface area contributed by atoms with Gasteiger partial charge < -0.3 is 10.2 Å². The molecule has 0 fully saturated rings. The Kier molecular flexibility index (Phi) is 5.34. The van der Waals surface area contributed by atoms with Crippen molar-refractivity contribution in [3.8, 4) is 0 Å². The van der Waals surface area contributed by atoms with Gasteiger partial charge in [-0.1, -0.05) is 0 Å². The first kappa shape index (κ1) is 13.1. The fourth-order valence-corrected chi connectivity index (χ4v) is 1.82. The molecule has 0 saturated carbocycles. The molecule has 0 aliphatic rings. The van der Waals surface area contributed by atoms with Crippen molar-refractivity contribution < 1.29 is 4.79 Å². The highest BCUT2D eigenvalue weighted by molar-refractivity contribution is 7.09. The molecule has 1 aromatic rings. The summed E-state index contributed by atoms with van der Waals surface area (Å²) in [6.07, 6.45) is 1.39. The van der Waals surface area contributed by atoms with Gasteiger partial charge in [0.1, 0.15) is 5.78 Å². The molecule has 1 aromatic heterocycles. The number of nitrogens with zero attached hydrogens (tertiary/aromatic N) is 3. The molecule has 0 radical (unpaired) electrons. The number of aromatic nitrogens is 2. The Bertz CT molecular complexity index is 337. The van der Waals surface area contributed by atoms with Crippen molar-refractivity contribution in [1.82, 2.24) is 14.3 Å². The van der Waals surface area contributed by atoms with Gasteiger partial charge in [-0.25, -0.2) is 4.98 Å². The summed E-state index contributed by atoms with van der Waals surface area (Å²) in [4.78, 5) is 17.2. The molecule has 1 rings (SSSR count). The maximum atomic E-state index is 10.9. The summed E-state index contributed by atoms with van der Waals surface area (Å²) in [5.74, 6) is 0.713. The average Bonchev–Trinajstić information content (AvgIpc) is 2.59. The monoisotopic (exact) mass is 242 g/mol. The minimum absolute atomic E-state index is 0.0944. The Morgan fingerprint density at radius 2 is 2.25 bits per heavy atom. The third-order valence-electron chi connectivity index (χ3n) is 1.93. The fourth-order valence-electron chi connectivity index (χ4n) is 1.21. The molecule has 0 aromatic carbocycles. The van der Waals surface area contributed by atoms with E-state index < -0.39 is 0 Å².